The van der Waals surface area contributed by atoms with Gasteiger partial charge in [-0.05, 0) is 29.3 Å². The fourth-order valence-electron chi connectivity index (χ4n) is 2.34. The van der Waals surface area contributed by atoms with Gasteiger partial charge >= 0.3 is 0 Å². The predicted octanol–water partition coefficient (Wildman–Crippen LogP) is 2.88. The van der Waals surface area contributed by atoms with Gasteiger partial charge in [0, 0.05) is 24.8 Å². The smallest absolute Gasteiger partial charge is 0.126 e. The van der Waals surface area contributed by atoms with Crippen molar-refractivity contribution in [3.63, 3.8) is 0 Å². The van der Waals surface area contributed by atoms with Gasteiger partial charge in [-0.3, -0.25) is 4.98 Å². The van der Waals surface area contributed by atoms with Crippen molar-refractivity contribution in [2.45, 2.75) is 12.1 Å². The molecule has 0 aliphatic heterocycles. The third-order valence-corrected chi connectivity index (χ3v) is 3.51. The number of imidazole rings is 1. The molecule has 2 aromatic heterocycles. The van der Waals surface area contributed by atoms with Gasteiger partial charge < -0.3 is 9.67 Å². The lowest BCUT2D eigenvalue weighted by Gasteiger charge is -2.25. The molecule has 0 unspecified atom stereocenters. The van der Waals surface area contributed by atoms with Crippen LogP contribution in [0, 0.1) is 0 Å². The van der Waals surface area contributed by atoms with Crippen LogP contribution in [0.2, 0.25) is 0 Å². The van der Waals surface area contributed by atoms with E-state index < -0.39 is 5.60 Å². The summed E-state index contributed by atoms with van der Waals surface area (Å²) in [5, 5.41) is 11.2. The molecule has 0 bridgehead atoms. The molecular weight excluding hydrogens is 274 g/mol. The van der Waals surface area contributed by atoms with Gasteiger partial charge in [0.2, 0.25) is 0 Å². The predicted molar refractivity (Wildman–Crippen MR) is 85.8 cm³/mol. The van der Waals surface area contributed by atoms with Crippen LogP contribution in [0.5, 0.6) is 0 Å². The number of rotatable bonds is 5. The topological polar surface area (TPSA) is 50.9 Å². The van der Waals surface area contributed by atoms with Gasteiger partial charge in [-0.1, -0.05) is 36.4 Å². The highest BCUT2D eigenvalue weighted by molar-refractivity contribution is 5.51. The lowest BCUT2D eigenvalue weighted by atomic mass is 9.93. The Hall–Kier alpha value is -2.72. The van der Waals surface area contributed by atoms with Gasteiger partial charge in [0.15, 0.2) is 0 Å². The van der Waals surface area contributed by atoms with E-state index >= 15 is 0 Å². The highest BCUT2D eigenvalue weighted by Crippen LogP contribution is 2.25. The van der Waals surface area contributed by atoms with Gasteiger partial charge in [-0.15, -0.1) is 0 Å². The van der Waals surface area contributed by atoms with E-state index in [2.05, 4.69) is 9.97 Å². The Kier molecular flexibility index (Phi) is 4.12. The summed E-state index contributed by atoms with van der Waals surface area (Å²) in [5.41, 5.74) is 0.712. The molecule has 0 saturated carbocycles. The summed E-state index contributed by atoms with van der Waals surface area (Å²) in [7, 11) is 0. The zero-order chi connectivity index (χ0) is 15.3. The van der Waals surface area contributed by atoms with Crippen LogP contribution in [-0.2, 0) is 12.1 Å². The monoisotopic (exact) mass is 291 g/mol. The first-order valence-corrected chi connectivity index (χ1v) is 7.09. The molecule has 0 fully saturated rings. The Bertz CT molecular complexity index is 724. The summed E-state index contributed by atoms with van der Waals surface area (Å²) in [5.74, 6) is 0. The zero-order valence-corrected chi connectivity index (χ0v) is 12.1. The average Bonchev–Trinajstić information content (AvgIpc) is 3.08. The Morgan fingerprint density at radius 2 is 1.77 bits per heavy atom. The van der Waals surface area contributed by atoms with E-state index in [4.69, 9.17) is 0 Å². The maximum absolute atomic E-state index is 11.2. The minimum absolute atomic E-state index is 0.389. The molecule has 3 rings (SSSR count). The van der Waals surface area contributed by atoms with Crippen LogP contribution < -0.4 is 0 Å². The molecule has 0 saturated heterocycles. The fourth-order valence-corrected chi connectivity index (χ4v) is 2.34. The molecule has 2 heterocycles. The first kappa shape index (κ1) is 14.2. The molecule has 0 aliphatic carbocycles. The number of aliphatic hydroxyl groups is 1. The van der Waals surface area contributed by atoms with Crippen molar-refractivity contribution in [1.29, 1.82) is 0 Å². The van der Waals surface area contributed by atoms with Crippen LogP contribution in [0.15, 0.2) is 79.7 Å². The van der Waals surface area contributed by atoms with E-state index in [1.165, 1.54) is 0 Å². The number of benzene rings is 1. The number of hydrogen-bond acceptors (Lipinski definition) is 3. The standard InChI is InChI=1S/C18H17N3O/c22-18(14-21-13-12-20-15-21,17-7-10-19-11-8-17)9-6-16-4-2-1-3-5-16/h1-13,15,22H,14H2/b9-6+/t18-/m0/s1. The number of aromatic nitrogens is 3. The first-order chi connectivity index (χ1) is 10.8. The molecule has 22 heavy (non-hydrogen) atoms. The molecule has 3 aromatic rings. The molecule has 4 nitrogen and oxygen atoms in total. The summed E-state index contributed by atoms with van der Waals surface area (Å²) in [6.07, 6.45) is 12.4. The van der Waals surface area contributed by atoms with Gasteiger partial charge in [-0.25, -0.2) is 4.98 Å². The third kappa shape index (κ3) is 3.30. The Morgan fingerprint density at radius 3 is 2.45 bits per heavy atom. The second-order valence-corrected chi connectivity index (χ2v) is 5.14. The van der Waals surface area contributed by atoms with Crippen LogP contribution in [0.3, 0.4) is 0 Å². The molecule has 0 aliphatic rings. The SMILES string of the molecule is O[C@@](/C=C/c1ccccc1)(Cn1ccnc1)c1ccncc1. The van der Waals surface area contributed by atoms with Crippen molar-refractivity contribution < 1.29 is 5.11 Å². The minimum Gasteiger partial charge on any atom is -0.379 e. The Labute approximate surface area is 129 Å². The van der Waals surface area contributed by atoms with Crippen LogP contribution in [0.25, 0.3) is 6.08 Å². The van der Waals surface area contributed by atoms with Crippen LogP contribution in [-0.4, -0.2) is 19.6 Å². The van der Waals surface area contributed by atoms with E-state index in [9.17, 15) is 5.11 Å². The van der Waals surface area contributed by atoms with Crippen LogP contribution >= 0.6 is 0 Å². The van der Waals surface area contributed by atoms with Crippen LogP contribution in [0.1, 0.15) is 11.1 Å². The van der Waals surface area contributed by atoms with E-state index in [0.717, 1.165) is 11.1 Å². The van der Waals surface area contributed by atoms with E-state index in [-0.39, 0.29) is 0 Å². The molecule has 0 radical (unpaired) electrons. The summed E-state index contributed by atoms with van der Waals surface area (Å²) >= 11 is 0. The van der Waals surface area contributed by atoms with Crippen molar-refractivity contribution >= 4 is 6.08 Å². The molecule has 1 N–H and O–H groups in total. The lowest BCUT2D eigenvalue weighted by molar-refractivity contribution is 0.0703. The molecule has 1 aromatic carbocycles. The van der Waals surface area contributed by atoms with E-state index in [0.29, 0.717) is 6.54 Å². The van der Waals surface area contributed by atoms with Crippen molar-refractivity contribution in [2.75, 3.05) is 0 Å². The van der Waals surface area contributed by atoms with Crippen LogP contribution in [0.4, 0.5) is 0 Å². The molecular formula is C18H17N3O. The Balaban J connectivity index is 1.94. The second-order valence-electron chi connectivity index (χ2n) is 5.14. The van der Waals surface area contributed by atoms with Crippen molar-refractivity contribution in [1.82, 2.24) is 14.5 Å². The number of hydrogen-bond donors (Lipinski definition) is 1. The van der Waals surface area contributed by atoms with Gasteiger partial charge in [0.25, 0.3) is 0 Å². The molecule has 4 heteroatoms. The zero-order valence-electron chi connectivity index (χ0n) is 12.1. The average molecular weight is 291 g/mol. The Morgan fingerprint density at radius 1 is 1.00 bits per heavy atom. The highest BCUT2D eigenvalue weighted by atomic mass is 16.3. The van der Waals surface area contributed by atoms with E-state index in [1.54, 1.807) is 24.9 Å². The summed E-state index contributed by atoms with van der Waals surface area (Å²) in [4.78, 5) is 8.05. The summed E-state index contributed by atoms with van der Waals surface area (Å²) in [6.45, 7) is 0.389. The maximum atomic E-state index is 11.2. The lowest BCUT2D eigenvalue weighted by Crippen LogP contribution is -2.28. The first-order valence-electron chi connectivity index (χ1n) is 7.09. The molecule has 1 atom stereocenters. The van der Waals surface area contributed by atoms with Gasteiger partial charge in [0.05, 0.1) is 12.9 Å². The fraction of sp³-hybridized carbons (Fsp3) is 0.111. The molecule has 0 spiro atoms. The molecule has 110 valence electrons. The largest absolute Gasteiger partial charge is 0.379 e. The van der Waals surface area contributed by atoms with Gasteiger partial charge in [0.1, 0.15) is 5.60 Å². The summed E-state index contributed by atoms with van der Waals surface area (Å²) < 4.78 is 1.86. The molecule has 0 amide bonds. The van der Waals surface area contributed by atoms with Crippen molar-refractivity contribution in [3.8, 4) is 0 Å². The maximum Gasteiger partial charge on any atom is 0.126 e. The summed E-state index contributed by atoms with van der Waals surface area (Å²) in [6, 6.07) is 13.6. The second kappa shape index (κ2) is 6.37. The van der Waals surface area contributed by atoms with Gasteiger partial charge in [-0.2, -0.15) is 0 Å². The number of pyridine rings is 1. The third-order valence-electron chi connectivity index (χ3n) is 3.51. The van der Waals surface area contributed by atoms with Crippen molar-refractivity contribution in [2.24, 2.45) is 0 Å². The quantitative estimate of drug-likeness (QED) is 0.786. The van der Waals surface area contributed by atoms with Crippen molar-refractivity contribution in [3.05, 3.63) is 90.8 Å². The minimum atomic E-state index is -1.13. The van der Waals surface area contributed by atoms with E-state index in [1.807, 2.05) is 65.4 Å². The normalized spacial score (nSPS) is 14.0. The number of nitrogens with zero attached hydrogens (tertiary/aromatic N) is 3. The highest BCUT2D eigenvalue weighted by Gasteiger charge is 2.26.